The van der Waals surface area contributed by atoms with Crippen molar-refractivity contribution in [2.24, 2.45) is 0 Å². The smallest absolute Gasteiger partial charge is 0.306 e. The molecule has 0 aromatic heterocycles. The molecule has 1 aliphatic rings. The first-order valence-corrected chi connectivity index (χ1v) is 19.5. The quantitative estimate of drug-likeness (QED) is 0.0355. The number of aliphatic hydroxyl groups is 3. The Bertz CT molecular complexity index is 1020. The lowest BCUT2D eigenvalue weighted by Gasteiger charge is -2.40. The van der Waals surface area contributed by atoms with Gasteiger partial charge in [0.1, 0.15) is 36.8 Å². The molecule has 0 saturated carbocycles. The lowest BCUT2D eigenvalue weighted by atomic mass is 10.00. The van der Waals surface area contributed by atoms with Crippen molar-refractivity contribution in [3.05, 3.63) is 24.3 Å². The van der Waals surface area contributed by atoms with E-state index in [0.29, 0.717) is 12.8 Å². The van der Waals surface area contributed by atoms with E-state index in [1.807, 2.05) is 12.2 Å². The van der Waals surface area contributed by atoms with E-state index in [4.69, 9.17) is 23.5 Å². The summed E-state index contributed by atoms with van der Waals surface area (Å²) in [5, 5.41) is 30.6. The maximum Gasteiger partial charge on any atom is 0.306 e. The minimum absolute atomic E-state index is 0.0599. The highest BCUT2D eigenvalue weighted by Crippen LogP contribution is 2.23. The van der Waals surface area contributed by atoms with Crippen LogP contribution in [0.15, 0.2) is 24.3 Å². The number of allylic oxidation sites excluding steroid dienone is 4. The fourth-order valence-corrected chi connectivity index (χ4v) is 5.89. The number of hydrogen-bond acceptors (Lipinski definition) is 11. The van der Waals surface area contributed by atoms with E-state index in [0.717, 1.165) is 38.5 Å². The van der Waals surface area contributed by atoms with Crippen molar-refractivity contribution in [3.63, 3.8) is 0 Å². The second-order valence-electron chi connectivity index (χ2n) is 12.5. The highest BCUT2D eigenvalue weighted by Gasteiger charge is 2.46. The average molecular weight is 707 g/mol. The molecule has 0 spiro atoms. The van der Waals surface area contributed by atoms with E-state index < -0.39 is 71.2 Å². The summed E-state index contributed by atoms with van der Waals surface area (Å²) in [5.74, 6) is -2.08. The third-order valence-electron chi connectivity index (χ3n) is 8.05. The molecule has 4 N–H and O–H groups in total. The van der Waals surface area contributed by atoms with Crippen LogP contribution in [-0.2, 0) is 38.7 Å². The van der Waals surface area contributed by atoms with Crippen LogP contribution < -0.4 is 0 Å². The minimum atomic E-state index is -4.60. The third-order valence-corrected chi connectivity index (χ3v) is 8.80. The highest BCUT2D eigenvalue weighted by atomic mass is 32.2. The van der Waals surface area contributed by atoms with E-state index in [1.54, 1.807) is 0 Å². The van der Waals surface area contributed by atoms with Gasteiger partial charge in [0, 0.05) is 12.8 Å². The van der Waals surface area contributed by atoms with E-state index in [-0.39, 0.29) is 19.4 Å². The molecular weight excluding hydrogens is 644 g/mol. The molecule has 12 nitrogen and oxygen atoms in total. The van der Waals surface area contributed by atoms with Crippen LogP contribution in [0.5, 0.6) is 0 Å². The molecule has 1 saturated heterocycles. The lowest BCUT2D eigenvalue weighted by Crippen LogP contribution is -2.60. The normalized spacial score (nSPS) is 22.3. The predicted octanol–water partition coefficient (Wildman–Crippen LogP) is 5.33. The number of aliphatic hydroxyl groups excluding tert-OH is 3. The Labute approximate surface area is 288 Å². The summed E-state index contributed by atoms with van der Waals surface area (Å²) in [4.78, 5) is 25.0. The van der Waals surface area contributed by atoms with Crippen LogP contribution in [0.2, 0.25) is 0 Å². The molecule has 6 atom stereocenters. The fourth-order valence-electron chi connectivity index (χ4n) is 5.20. The van der Waals surface area contributed by atoms with Crippen LogP contribution in [0, 0.1) is 0 Å². The fraction of sp³-hybridized carbons (Fsp3) is 0.829. The molecule has 1 heterocycles. The number of carbonyl (C=O) groups is 2. The Balaban J connectivity index is 2.61. The first-order chi connectivity index (χ1) is 23.0. The highest BCUT2D eigenvalue weighted by molar-refractivity contribution is 7.85. The number of esters is 2. The van der Waals surface area contributed by atoms with Gasteiger partial charge in [-0.15, -0.1) is 0 Å². The molecule has 1 fully saturated rings. The topological polar surface area (TPSA) is 186 Å². The van der Waals surface area contributed by atoms with Gasteiger partial charge in [0.25, 0.3) is 10.1 Å². The molecule has 0 radical (unpaired) electrons. The van der Waals surface area contributed by atoms with Crippen LogP contribution in [0.1, 0.15) is 129 Å². The summed E-state index contributed by atoms with van der Waals surface area (Å²) < 4.78 is 53.5. The summed E-state index contributed by atoms with van der Waals surface area (Å²) in [6.45, 7) is 3.60. The van der Waals surface area contributed by atoms with Crippen molar-refractivity contribution in [1.29, 1.82) is 0 Å². The molecular formula is C35H62O12S. The van der Waals surface area contributed by atoms with Gasteiger partial charge in [0.15, 0.2) is 12.4 Å². The van der Waals surface area contributed by atoms with Crippen LogP contribution in [0.25, 0.3) is 0 Å². The predicted molar refractivity (Wildman–Crippen MR) is 183 cm³/mol. The van der Waals surface area contributed by atoms with Crippen molar-refractivity contribution >= 4 is 22.1 Å². The molecule has 0 aromatic carbocycles. The summed E-state index contributed by atoms with van der Waals surface area (Å²) in [6, 6.07) is 0. The largest absolute Gasteiger partial charge is 0.462 e. The van der Waals surface area contributed by atoms with Gasteiger partial charge in [0.05, 0.1) is 6.61 Å². The van der Waals surface area contributed by atoms with E-state index in [2.05, 4.69) is 26.0 Å². The van der Waals surface area contributed by atoms with Gasteiger partial charge in [-0.1, -0.05) is 109 Å². The maximum atomic E-state index is 12.6. The summed E-state index contributed by atoms with van der Waals surface area (Å²) in [5.41, 5.74) is 0. The number of hydrogen-bond donors (Lipinski definition) is 4. The van der Waals surface area contributed by atoms with E-state index in [1.165, 1.54) is 51.4 Å². The summed E-state index contributed by atoms with van der Waals surface area (Å²) in [6.07, 6.45) is 15.7. The molecule has 0 amide bonds. The molecule has 13 heteroatoms. The third kappa shape index (κ3) is 22.0. The van der Waals surface area contributed by atoms with Crippen LogP contribution in [0.4, 0.5) is 0 Å². The van der Waals surface area contributed by atoms with Crippen molar-refractivity contribution in [2.75, 3.05) is 19.0 Å². The standard InChI is InChI=1S/C35H62O12S/c1-3-5-7-9-11-12-13-14-15-16-18-20-22-24-31(37)46-28(25-44-30(36)23-21-19-17-10-8-6-4-2)26-45-35-34(40)33(39)32(38)29(47-35)27-48(41,42)43/h14-15,18,20,28-29,32-35,38-40H,3-13,16-17,19,21-27H2,1-2H3,(H,41,42,43)/b15-14+,20-18+/t28?,29-,32-,33?,34?,35+/m1/s1. The van der Waals surface area contributed by atoms with Crippen LogP contribution in [-0.4, -0.2) is 96.0 Å². The Kier molecular flexibility index (Phi) is 24.8. The monoisotopic (exact) mass is 706 g/mol. The average Bonchev–Trinajstić information content (AvgIpc) is 3.04. The van der Waals surface area contributed by atoms with Gasteiger partial charge >= 0.3 is 11.9 Å². The van der Waals surface area contributed by atoms with Crippen molar-refractivity contribution < 1.29 is 56.8 Å². The minimum Gasteiger partial charge on any atom is -0.462 e. The van der Waals surface area contributed by atoms with Crippen molar-refractivity contribution in [3.8, 4) is 0 Å². The lowest BCUT2D eigenvalue weighted by molar-refractivity contribution is -0.297. The summed E-state index contributed by atoms with van der Waals surface area (Å²) >= 11 is 0. The molecule has 48 heavy (non-hydrogen) atoms. The van der Waals surface area contributed by atoms with Gasteiger partial charge in [-0.2, -0.15) is 8.42 Å². The molecule has 1 rings (SSSR count). The summed E-state index contributed by atoms with van der Waals surface area (Å²) in [7, 11) is -4.60. The Morgan fingerprint density at radius 1 is 0.708 bits per heavy atom. The van der Waals surface area contributed by atoms with Crippen molar-refractivity contribution in [2.45, 2.75) is 166 Å². The number of unbranched alkanes of at least 4 members (excludes halogenated alkanes) is 12. The zero-order valence-corrected chi connectivity index (χ0v) is 29.9. The van der Waals surface area contributed by atoms with Gasteiger partial charge in [-0.25, -0.2) is 0 Å². The first-order valence-electron chi connectivity index (χ1n) is 17.9. The maximum absolute atomic E-state index is 12.6. The van der Waals surface area contributed by atoms with Gasteiger partial charge in [-0.3, -0.25) is 14.1 Å². The van der Waals surface area contributed by atoms with Gasteiger partial charge < -0.3 is 34.3 Å². The number of carbonyl (C=O) groups excluding carboxylic acids is 2. The van der Waals surface area contributed by atoms with E-state index >= 15 is 0 Å². The molecule has 1 aliphatic heterocycles. The number of rotatable bonds is 28. The Morgan fingerprint density at radius 3 is 1.92 bits per heavy atom. The molecule has 280 valence electrons. The molecule has 0 aliphatic carbocycles. The zero-order valence-electron chi connectivity index (χ0n) is 29.1. The Hall–Kier alpha value is -1.87. The number of ether oxygens (including phenoxy) is 4. The van der Waals surface area contributed by atoms with Crippen LogP contribution in [0.3, 0.4) is 0 Å². The van der Waals surface area contributed by atoms with Crippen molar-refractivity contribution in [1.82, 2.24) is 0 Å². The second-order valence-corrected chi connectivity index (χ2v) is 14.0. The Morgan fingerprint density at radius 2 is 1.29 bits per heavy atom. The molecule has 0 bridgehead atoms. The zero-order chi connectivity index (χ0) is 35.6. The van der Waals surface area contributed by atoms with E-state index in [9.17, 15) is 33.3 Å². The van der Waals surface area contributed by atoms with Gasteiger partial charge in [-0.05, 0) is 32.1 Å². The SMILES string of the molecule is CCCCCCCC/C=C/C/C=C/CCC(=O)OC(COC(=O)CCCCCCCCC)CO[C@H]1O[C@H](CS(=O)(=O)O)[C@@H](O)C(O)C1O. The molecule has 3 unspecified atom stereocenters. The van der Waals surface area contributed by atoms with Gasteiger partial charge in [0.2, 0.25) is 0 Å². The second kappa shape index (κ2) is 26.9. The molecule has 0 aromatic rings. The first kappa shape index (κ1) is 44.2. The van der Waals surface area contributed by atoms with Crippen LogP contribution >= 0.6 is 0 Å².